The second kappa shape index (κ2) is 7.45. The van der Waals surface area contributed by atoms with E-state index in [1.807, 2.05) is 24.3 Å². The molecule has 102 valence electrons. The molecule has 1 rings (SSSR count). The van der Waals surface area contributed by atoms with Gasteiger partial charge in [-0.2, -0.15) is 0 Å². The number of hydrogen-bond donors (Lipinski definition) is 1. The minimum absolute atomic E-state index is 0.324. The fourth-order valence-corrected chi connectivity index (χ4v) is 1.42. The first-order chi connectivity index (χ1) is 9.04. The van der Waals surface area contributed by atoms with Gasteiger partial charge in [-0.1, -0.05) is 31.8 Å². The monoisotopic (exact) mass is 260 g/mol. The third-order valence-corrected chi connectivity index (χ3v) is 2.47. The lowest BCUT2D eigenvalue weighted by Gasteiger charge is -2.17. The summed E-state index contributed by atoms with van der Waals surface area (Å²) in [4.78, 5) is 17.7. The van der Waals surface area contributed by atoms with Crippen LogP contribution >= 0.6 is 0 Å². The van der Waals surface area contributed by atoms with Crippen LogP contribution in [0.1, 0.15) is 25.8 Å². The third-order valence-electron chi connectivity index (χ3n) is 2.47. The Kier molecular flexibility index (Phi) is 5.91. The quantitative estimate of drug-likeness (QED) is 0.670. The topological polar surface area (TPSA) is 41.6 Å². The van der Waals surface area contributed by atoms with Crippen LogP contribution in [-0.2, 0) is 4.84 Å². The van der Waals surface area contributed by atoms with Crippen molar-refractivity contribution in [3.8, 4) is 11.8 Å². The first-order valence-electron chi connectivity index (χ1n) is 6.20. The fraction of sp³-hybridized carbons (Fsp3) is 0.400. The van der Waals surface area contributed by atoms with Crippen molar-refractivity contribution in [2.45, 2.75) is 20.3 Å². The Morgan fingerprint density at radius 2 is 2.21 bits per heavy atom. The molecular weight excluding hydrogens is 240 g/mol. The van der Waals surface area contributed by atoms with E-state index in [2.05, 4.69) is 36.0 Å². The van der Waals surface area contributed by atoms with Gasteiger partial charge in [0.25, 0.3) is 0 Å². The molecule has 4 nitrogen and oxygen atoms in total. The SMILES string of the molecule is CONC(=O)N(C)c1cccc(C#CCC(C)C)c1. The van der Waals surface area contributed by atoms with Crippen molar-refractivity contribution in [2.75, 3.05) is 19.1 Å². The first kappa shape index (κ1) is 15.1. The Morgan fingerprint density at radius 1 is 1.47 bits per heavy atom. The number of carbonyl (C=O) groups excluding carboxylic acids is 1. The van der Waals surface area contributed by atoms with Gasteiger partial charge in [0.05, 0.1) is 7.11 Å². The van der Waals surface area contributed by atoms with E-state index in [-0.39, 0.29) is 6.03 Å². The van der Waals surface area contributed by atoms with Crippen molar-refractivity contribution in [2.24, 2.45) is 5.92 Å². The molecule has 0 aliphatic heterocycles. The highest BCUT2D eigenvalue weighted by Crippen LogP contribution is 2.14. The fourth-order valence-electron chi connectivity index (χ4n) is 1.42. The van der Waals surface area contributed by atoms with Gasteiger partial charge in [0, 0.05) is 24.7 Å². The van der Waals surface area contributed by atoms with E-state index in [0.717, 1.165) is 17.7 Å². The molecular formula is C15H20N2O2. The van der Waals surface area contributed by atoms with Crippen LogP contribution in [0.3, 0.4) is 0 Å². The highest BCUT2D eigenvalue weighted by molar-refractivity contribution is 5.90. The summed E-state index contributed by atoms with van der Waals surface area (Å²) in [6, 6.07) is 7.21. The molecule has 2 amide bonds. The van der Waals surface area contributed by atoms with Crippen molar-refractivity contribution in [3.63, 3.8) is 0 Å². The van der Waals surface area contributed by atoms with Crippen molar-refractivity contribution >= 4 is 11.7 Å². The van der Waals surface area contributed by atoms with E-state index in [4.69, 9.17) is 0 Å². The summed E-state index contributed by atoms with van der Waals surface area (Å²) in [6.45, 7) is 4.27. The Hall–Kier alpha value is -1.99. The molecule has 19 heavy (non-hydrogen) atoms. The highest BCUT2D eigenvalue weighted by atomic mass is 16.6. The number of urea groups is 1. The molecule has 0 spiro atoms. The largest absolute Gasteiger partial charge is 0.345 e. The lowest BCUT2D eigenvalue weighted by atomic mass is 10.1. The third kappa shape index (κ3) is 5.02. The molecule has 0 saturated heterocycles. The lowest BCUT2D eigenvalue weighted by Crippen LogP contribution is -2.36. The smallest absolute Gasteiger partial charge is 0.296 e. The number of rotatable bonds is 3. The van der Waals surface area contributed by atoms with Crippen LogP contribution < -0.4 is 10.4 Å². The molecule has 0 bridgehead atoms. The number of nitrogens with one attached hydrogen (secondary N) is 1. The van der Waals surface area contributed by atoms with E-state index in [1.54, 1.807) is 7.05 Å². The Balaban J connectivity index is 2.81. The van der Waals surface area contributed by atoms with Crippen LogP contribution in [0.2, 0.25) is 0 Å². The van der Waals surface area contributed by atoms with E-state index in [9.17, 15) is 4.79 Å². The van der Waals surface area contributed by atoms with Gasteiger partial charge in [0.1, 0.15) is 0 Å². The predicted molar refractivity (Wildman–Crippen MR) is 76.7 cm³/mol. The Labute approximate surface area is 114 Å². The standard InChI is InChI=1S/C15H20N2O2/c1-12(2)7-5-8-13-9-6-10-14(11-13)17(3)15(18)16-19-4/h6,9-12H,7H2,1-4H3,(H,16,18). The van der Waals surface area contributed by atoms with E-state index >= 15 is 0 Å². The molecule has 0 aromatic heterocycles. The van der Waals surface area contributed by atoms with Crippen molar-refractivity contribution in [3.05, 3.63) is 29.8 Å². The molecule has 4 heteroatoms. The molecule has 0 fully saturated rings. The zero-order valence-electron chi connectivity index (χ0n) is 11.9. The maximum Gasteiger partial charge on any atom is 0.345 e. The summed E-state index contributed by atoms with van der Waals surface area (Å²) >= 11 is 0. The summed E-state index contributed by atoms with van der Waals surface area (Å²) in [5.41, 5.74) is 3.94. The first-order valence-corrected chi connectivity index (χ1v) is 6.20. The van der Waals surface area contributed by atoms with Gasteiger partial charge < -0.3 is 0 Å². The van der Waals surface area contributed by atoms with E-state index in [1.165, 1.54) is 12.0 Å². The summed E-state index contributed by atoms with van der Waals surface area (Å²) in [5.74, 6) is 6.79. The molecule has 0 aliphatic rings. The van der Waals surface area contributed by atoms with Gasteiger partial charge in [0.2, 0.25) is 0 Å². The summed E-state index contributed by atoms with van der Waals surface area (Å²) in [5, 5.41) is 0. The molecule has 0 aliphatic carbocycles. The molecule has 1 N–H and O–H groups in total. The van der Waals surface area contributed by atoms with Crippen LogP contribution in [0.5, 0.6) is 0 Å². The van der Waals surface area contributed by atoms with Crippen LogP contribution in [0.25, 0.3) is 0 Å². The van der Waals surface area contributed by atoms with Gasteiger partial charge in [-0.3, -0.25) is 9.74 Å². The zero-order valence-corrected chi connectivity index (χ0v) is 11.9. The average molecular weight is 260 g/mol. The van der Waals surface area contributed by atoms with Gasteiger partial charge in [-0.05, 0) is 24.1 Å². The summed E-state index contributed by atoms with van der Waals surface area (Å²) in [7, 11) is 3.08. The molecule has 0 saturated carbocycles. The van der Waals surface area contributed by atoms with Crippen LogP contribution in [0.15, 0.2) is 24.3 Å². The maximum absolute atomic E-state index is 11.6. The van der Waals surface area contributed by atoms with Crippen LogP contribution in [-0.4, -0.2) is 20.2 Å². The number of hydrogen-bond acceptors (Lipinski definition) is 2. The molecule has 0 unspecified atom stereocenters. The Morgan fingerprint density at radius 3 is 2.84 bits per heavy atom. The van der Waals surface area contributed by atoms with Gasteiger partial charge >= 0.3 is 6.03 Å². The summed E-state index contributed by atoms with van der Waals surface area (Å²) < 4.78 is 0. The number of benzene rings is 1. The van der Waals surface area contributed by atoms with Gasteiger partial charge in [-0.25, -0.2) is 10.3 Å². The van der Waals surface area contributed by atoms with Crippen LogP contribution in [0.4, 0.5) is 10.5 Å². The minimum Gasteiger partial charge on any atom is -0.296 e. The molecule has 0 heterocycles. The number of anilines is 1. The maximum atomic E-state index is 11.6. The number of carbonyl (C=O) groups is 1. The average Bonchev–Trinajstić information content (AvgIpc) is 2.38. The zero-order chi connectivity index (χ0) is 14.3. The second-order valence-corrected chi connectivity index (χ2v) is 4.62. The van der Waals surface area contributed by atoms with Gasteiger partial charge in [0.15, 0.2) is 0 Å². The van der Waals surface area contributed by atoms with Crippen molar-refractivity contribution in [1.82, 2.24) is 5.48 Å². The number of hydroxylamine groups is 1. The summed E-state index contributed by atoms with van der Waals surface area (Å²) in [6.07, 6.45) is 0.865. The number of nitrogens with zero attached hydrogens (tertiary/aromatic N) is 1. The molecule has 1 aromatic carbocycles. The van der Waals surface area contributed by atoms with Crippen molar-refractivity contribution in [1.29, 1.82) is 0 Å². The molecule has 0 radical (unpaired) electrons. The lowest BCUT2D eigenvalue weighted by molar-refractivity contribution is 0.111. The van der Waals surface area contributed by atoms with Gasteiger partial charge in [-0.15, -0.1) is 0 Å². The van der Waals surface area contributed by atoms with Crippen molar-refractivity contribution < 1.29 is 9.63 Å². The molecule has 0 atom stereocenters. The van der Waals surface area contributed by atoms with Crippen LogP contribution in [0, 0.1) is 17.8 Å². The Bertz CT molecular complexity index is 486. The number of amides is 2. The minimum atomic E-state index is -0.324. The van der Waals surface area contributed by atoms with E-state index in [0.29, 0.717) is 5.92 Å². The highest BCUT2D eigenvalue weighted by Gasteiger charge is 2.09. The second-order valence-electron chi connectivity index (χ2n) is 4.62. The molecule has 1 aromatic rings. The normalized spacial score (nSPS) is 9.74. The van der Waals surface area contributed by atoms with E-state index < -0.39 is 0 Å². The predicted octanol–water partition coefficient (Wildman–Crippen LogP) is 2.79.